The van der Waals surface area contributed by atoms with E-state index in [1.54, 1.807) is 6.92 Å². The molecule has 6 heteroatoms. The van der Waals surface area contributed by atoms with Gasteiger partial charge in [-0.25, -0.2) is 9.48 Å². The average Bonchev–Trinajstić information content (AvgIpc) is 3.09. The number of aliphatic carboxylic acids is 1. The van der Waals surface area contributed by atoms with E-state index in [9.17, 15) is 4.79 Å². The van der Waals surface area contributed by atoms with E-state index in [4.69, 9.17) is 5.11 Å². The van der Waals surface area contributed by atoms with Crippen molar-refractivity contribution in [3.63, 3.8) is 0 Å². The van der Waals surface area contributed by atoms with E-state index in [1.165, 1.54) is 4.68 Å². The quantitative estimate of drug-likeness (QED) is 0.896. The number of hydrogen-bond acceptors (Lipinski definition) is 4. The highest BCUT2D eigenvalue weighted by Gasteiger charge is 2.50. The Kier molecular flexibility index (Phi) is 2.58. The molecule has 1 N–H and O–H groups in total. The number of aromatic nitrogens is 4. The summed E-state index contributed by atoms with van der Waals surface area (Å²) in [5.74, 6) is -0.286. The lowest BCUT2D eigenvalue weighted by atomic mass is 9.95. The second-order valence-electron chi connectivity index (χ2n) is 4.91. The van der Waals surface area contributed by atoms with Crippen LogP contribution in [-0.2, 0) is 10.2 Å². The molecule has 1 atom stereocenters. The van der Waals surface area contributed by atoms with E-state index in [1.807, 2.05) is 30.3 Å². The molecule has 6 nitrogen and oxygen atoms in total. The Morgan fingerprint density at radius 2 is 2.05 bits per heavy atom. The number of hydrogen-bond donors (Lipinski definition) is 1. The summed E-state index contributed by atoms with van der Waals surface area (Å²) in [5.41, 5.74) is 0.928. The first-order valence-electron chi connectivity index (χ1n) is 6.22. The SMILES string of the molecule is CC(C(=O)O)n1nnnc1C1(c2ccccc2)CC1. The number of carboxylic acids is 1. The molecule has 98 valence electrons. The van der Waals surface area contributed by atoms with Gasteiger partial charge in [-0.15, -0.1) is 5.10 Å². The molecule has 1 aromatic carbocycles. The predicted octanol–water partition coefficient (Wildman–Crippen LogP) is 1.40. The van der Waals surface area contributed by atoms with Gasteiger partial charge in [0.2, 0.25) is 0 Å². The number of carboxylic acid groups (broad SMARTS) is 1. The van der Waals surface area contributed by atoms with Crippen LogP contribution in [0.25, 0.3) is 0 Å². The highest BCUT2D eigenvalue weighted by atomic mass is 16.4. The molecule has 3 rings (SSSR count). The Bertz CT molecular complexity index is 604. The van der Waals surface area contributed by atoms with Crippen LogP contribution in [0.15, 0.2) is 30.3 Å². The molecule has 0 amide bonds. The monoisotopic (exact) mass is 258 g/mol. The zero-order chi connectivity index (χ0) is 13.5. The molecule has 0 saturated heterocycles. The van der Waals surface area contributed by atoms with Gasteiger partial charge in [-0.2, -0.15) is 0 Å². The van der Waals surface area contributed by atoms with Crippen LogP contribution in [0.4, 0.5) is 0 Å². The number of nitrogens with zero attached hydrogens (tertiary/aromatic N) is 4. The zero-order valence-electron chi connectivity index (χ0n) is 10.5. The van der Waals surface area contributed by atoms with Crippen LogP contribution in [0.1, 0.15) is 37.2 Å². The van der Waals surface area contributed by atoms with Crippen molar-refractivity contribution in [1.82, 2.24) is 20.2 Å². The van der Waals surface area contributed by atoms with Crippen LogP contribution >= 0.6 is 0 Å². The van der Waals surface area contributed by atoms with Gasteiger partial charge < -0.3 is 5.11 Å². The lowest BCUT2D eigenvalue weighted by Crippen LogP contribution is -2.24. The number of tetrazole rings is 1. The third-order valence-electron chi connectivity index (χ3n) is 3.72. The van der Waals surface area contributed by atoms with Crippen LogP contribution in [0.5, 0.6) is 0 Å². The van der Waals surface area contributed by atoms with Crippen molar-refractivity contribution in [1.29, 1.82) is 0 Å². The van der Waals surface area contributed by atoms with E-state index in [0.717, 1.165) is 18.4 Å². The molecule has 0 radical (unpaired) electrons. The third-order valence-corrected chi connectivity index (χ3v) is 3.72. The normalized spacial score (nSPS) is 17.9. The van der Waals surface area contributed by atoms with Crippen LogP contribution in [-0.4, -0.2) is 31.3 Å². The van der Waals surface area contributed by atoms with Crippen LogP contribution in [0.3, 0.4) is 0 Å². The van der Waals surface area contributed by atoms with E-state index in [0.29, 0.717) is 5.82 Å². The van der Waals surface area contributed by atoms with Gasteiger partial charge in [0.1, 0.15) is 6.04 Å². The van der Waals surface area contributed by atoms with Crippen molar-refractivity contribution in [2.24, 2.45) is 0 Å². The molecule has 1 aliphatic carbocycles. The summed E-state index contributed by atoms with van der Waals surface area (Å²) < 4.78 is 1.42. The fraction of sp³-hybridized carbons (Fsp3) is 0.385. The smallest absolute Gasteiger partial charge is 0.328 e. The summed E-state index contributed by atoms with van der Waals surface area (Å²) in [5, 5.41) is 20.7. The van der Waals surface area contributed by atoms with Gasteiger partial charge >= 0.3 is 5.97 Å². The Morgan fingerprint density at radius 1 is 1.37 bits per heavy atom. The fourth-order valence-electron chi connectivity index (χ4n) is 2.40. The maximum Gasteiger partial charge on any atom is 0.328 e. The molecular formula is C13H14N4O2. The summed E-state index contributed by atoms with van der Waals surface area (Å²) in [4.78, 5) is 11.1. The van der Waals surface area contributed by atoms with Gasteiger partial charge in [0.15, 0.2) is 5.82 Å². The highest BCUT2D eigenvalue weighted by Crippen LogP contribution is 2.52. The number of carbonyl (C=O) groups is 1. The highest BCUT2D eigenvalue weighted by molar-refractivity contribution is 5.71. The molecule has 1 heterocycles. The van der Waals surface area contributed by atoms with Crippen molar-refractivity contribution in [2.75, 3.05) is 0 Å². The lowest BCUT2D eigenvalue weighted by Gasteiger charge is -2.17. The Balaban J connectivity index is 2.04. The molecule has 1 aromatic heterocycles. The van der Waals surface area contributed by atoms with Crippen molar-refractivity contribution >= 4 is 5.97 Å². The molecule has 19 heavy (non-hydrogen) atoms. The summed E-state index contributed by atoms with van der Waals surface area (Å²) in [6.45, 7) is 1.59. The van der Waals surface area contributed by atoms with Gasteiger partial charge in [-0.1, -0.05) is 30.3 Å². The standard InChI is InChI=1S/C13H14N4O2/c1-9(11(18)19)17-12(14-15-16-17)13(7-8-13)10-5-3-2-4-6-10/h2-6,9H,7-8H2,1H3,(H,18,19). The van der Waals surface area contributed by atoms with Crippen LogP contribution in [0.2, 0.25) is 0 Å². The molecule has 0 bridgehead atoms. The minimum absolute atomic E-state index is 0.214. The topological polar surface area (TPSA) is 80.9 Å². The summed E-state index contributed by atoms with van der Waals surface area (Å²) in [6.07, 6.45) is 1.90. The molecular weight excluding hydrogens is 244 g/mol. The van der Waals surface area contributed by atoms with Crippen molar-refractivity contribution < 1.29 is 9.90 Å². The first-order valence-corrected chi connectivity index (χ1v) is 6.22. The zero-order valence-corrected chi connectivity index (χ0v) is 10.5. The average molecular weight is 258 g/mol. The summed E-state index contributed by atoms with van der Waals surface area (Å²) >= 11 is 0. The molecule has 1 aliphatic rings. The van der Waals surface area contributed by atoms with Crippen molar-refractivity contribution in [3.8, 4) is 0 Å². The second kappa shape index (κ2) is 4.15. The Hall–Kier alpha value is -2.24. The van der Waals surface area contributed by atoms with Gasteiger partial charge in [-0.05, 0) is 35.8 Å². The predicted molar refractivity (Wildman–Crippen MR) is 66.6 cm³/mol. The van der Waals surface area contributed by atoms with E-state index in [2.05, 4.69) is 15.5 Å². The Labute approximate surface area is 110 Å². The molecule has 0 spiro atoms. The number of benzene rings is 1. The molecule has 1 saturated carbocycles. The summed E-state index contributed by atoms with van der Waals surface area (Å²) in [7, 11) is 0. The van der Waals surface area contributed by atoms with E-state index in [-0.39, 0.29) is 5.41 Å². The van der Waals surface area contributed by atoms with Gasteiger partial charge in [0, 0.05) is 0 Å². The second-order valence-corrected chi connectivity index (χ2v) is 4.91. The lowest BCUT2D eigenvalue weighted by molar-refractivity contribution is -0.140. The van der Waals surface area contributed by atoms with E-state index < -0.39 is 12.0 Å². The maximum atomic E-state index is 11.1. The first kappa shape index (κ1) is 11.8. The minimum Gasteiger partial charge on any atom is -0.480 e. The van der Waals surface area contributed by atoms with Gasteiger partial charge in [0.25, 0.3) is 0 Å². The van der Waals surface area contributed by atoms with Crippen LogP contribution in [0, 0.1) is 0 Å². The van der Waals surface area contributed by atoms with Crippen molar-refractivity contribution in [3.05, 3.63) is 41.7 Å². The third kappa shape index (κ3) is 1.80. The number of rotatable bonds is 4. The van der Waals surface area contributed by atoms with Crippen LogP contribution < -0.4 is 0 Å². The van der Waals surface area contributed by atoms with Crippen molar-refractivity contribution in [2.45, 2.75) is 31.2 Å². The fourth-order valence-corrected chi connectivity index (χ4v) is 2.40. The first-order chi connectivity index (χ1) is 9.15. The van der Waals surface area contributed by atoms with Gasteiger partial charge in [0.05, 0.1) is 5.41 Å². The van der Waals surface area contributed by atoms with E-state index >= 15 is 0 Å². The Morgan fingerprint density at radius 3 is 2.63 bits per heavy atom. The molecule has 1 fully saturated rings. The maximum absolute atomic E-state index is 11.1. The van der Waals surface area contributed by atoms with Gasteiger partial charge in [-0.3, -0.25) is 0 Å². The largest absolute Gasteiger partial charge is 0.480 e. The summed E-state index contributed by atoms with van der Waals surface area (Å²) in [6, 6.07) is 9.23. The molecule has 0 aliphatic heterocycles. The molecule has 1 unspecified atom stereocenters. The minimum atomic E-state index is -0.933. The molecule has 2 aromatic rings.